The summed E-state index contributed by atoms with van der Waals surface area (Å²) in [4.78, 5) is 11.6. The Hall–Kier alpha value is -1.12. The average Bonchev–Trinajstić information content (AvgIpc) is 2.88. The molecule has 2 rings (SSSR count). The van der Waals surface area contributed by atoms with E-state index in [4.69, 9.17) is 0 Å². The maximum Gasteiger partial charge on any atom is 0.135 e. The van der Waals surface area contributed by atoms with Crippen LogP contribution in [0.4, 0.5) is 0 Å². The molecule has 19 heavy (non-hydrogen) atoms. The van der Waals surface area contributed by atoms with Gasteiger partial charge in [-0.1, -0.05) is 33.1 Å². The highest BCUT2D eigenvalue weighted by Crippen LogP contribution is 2.27. The van der Waals surface area contributed by atoms with Gasteiger partial charge in [-0.15, -0.1) is 0 Å². The molecule has 0 amide bonds. The highest BCUT2D eigenvalue weighted by molar-refractivity contribution is 5.80. The Morgan fingerprint density at radius 3 is 2.79 bits per heavy atom. The van der Waals surface area contributed by atoms with Gasteiger partial charge in [-0.2, -0.15) is 5.10 Å². The maximum atomic E-state index is 11.6. The highest BCUT2D eigenvalue weighted by Gasteiger charge is 2.16. The summed E-state index contributed by atoms with van der Waals surface area (Å²) < 4.78 is 2.15. The van der Waals surface area contributed by atoms with Crippen LogP contribution in [0.25, 0.3) is 0 Å². The molecule has 1 saturated carbocycles. The lowest BCUT2D eigenvalue weighted by molar-refractivity contribution is -0.121. The zero-order valence-electron chi connectivity index (χ0n) is 12.3. The van der Waals surface area contributed by atoms with Crippen LogP contribution in [0.1, 0.15) is 70.5 Å². The van der Waals surface area contributed by atoms with Crippen molar-refractivity contribution in [2.24, 2.45) is 5.92 Å². The molecule has 0 radical (unpaired) electrons. The summed E-state index contributed by atoms with van der Waals surface area (Å²) in [5.74, 6) is 0.534. The van der Waals surface area contributed by atoms with Crippen molar-refractivity contribution in [3.63, 3.8) is 0 Å². The van der Waals surface area contributed by atoms with Crippen LogP contribution in [0.5, 0.6) is 0 Å². The smallest absolute Gasteiger partial charge is 0.135 e. The molecule has 0 saturated heterocycles. The monoisotopic (exact) mass is 262 g/mol. The summed E-state index contributed by atoms with van der Waals surface area (Å²) in [5, 5.41) is 4.68. The second-order valence-corrected chi connectivity index (χ2v) is 6.05. The van der Waals surface area contributed by atoms with Crippen LogP contribution >= 0.6 is 0 Å². The Morgan fingerprint density at radius 2 is 2.11 bits per heavy atom. The van der Waals surface area contributed by atoms with Crippen LogP contribution in [0.3, 0.4) is 0 Å². The zero-order chi connectivity index (χ0) is 13.7. The lowest BCUT2D eigenvalue weighted by Gasteiger charge is -2.21. The maximum absolute atomic E-state index is 11.6. The first-order valence-electron chi connectivity index (χ1n) is 7.73. The fourth-order valence-corrected chi connectivity index (χ4v) is 2.79. The Kier molecular flexibility index (Phi) is 5.17. The number of carbonyl (C=O) groups is 1. The molecule has 0 aromatic carbocycles. The Labute approximate surface area is 116 Å². The number of ketones is 1. The van der Waals surface area contributed by atoms with E-state index < -0.39 is 0 Å². The lowest BCUT2D eigenvalue weighted by Crippen LogP contribution is -2.13. The molecule has 0 spiro atoms. The minimum absolute atomic E-state index is 0.166. The molecular weight excluding hydrogens is 236 g/mol. The molecule has 106 valence electrons. The quantitative estimate of drug-likeness (QED) is 0.778. The number of aromatic nitrogens is 2. The van der Waals surface area contributed by atoms with Crippen LogP contribution in [0.2, 0.25) is 0 Å². The Bertz CT molecular complexity index is 403. The lowest BCUT2D eigenvalue weighted by atomic mass is 9.96. The van der Waals surface area contributed by atoms with Gasteiger partial charge in [-0.25, -0.2) is 0 Å². The van der Waals surface area contributed by atoms with E-state index in [1.807, 2.05) is 13.8 Å². The van der Waals surface area contributed by atoms with Gasteiger partial charge < -0.3 is 0 Å². The number of aryl methyl sites for hydroxylation is 1. The van der Waals surface area contributed by atoms with Crippen LogP contribution < -0.4 is 0 Å². The largest absolute Gasteiger partial charge is 0.299 e. The topological polar surface area (TPSA) is 34.9 Å². The molecular formula is C16H26N2O. The van der Waals surface area contributed by atoms with E-state index >= 15 is 0 Å². The first-order valence-corrected chi connectivity index (χ1v) is 7.73. The Morgan fingerprint density at radius 1 is 1.37 bits per heavy atom. The minimum atomic E-state index is 0.166. The van der Waals surface area contributed by atoms with E-state index in [-0.39, 0.29) is 5.92 Å². The van der Waals surface area contributed by atoms with Gasteiger partial charge >= 0.3 is 0 Å². The summed E-state index contributed by atoms with van der Waals surface area (Å²) in [6.45, 7) is 3.94. The van der Waals surface area contributed by atoms with Gasteiger partial charge in [0.1, 0.15) is 5.78 Å². The first kappa shape index (κ1) is 14.3. The molecule has 1 heterocycles. The van der Waals surface area contributed by atoms with Crippen molar-refractivity contribution in [2.45, 2.75) is 71.3 Å². The predicted molar refractivity (Wildman–Crippen MR) is 77.1 cm³/mol. The zero-order valence-corrected chi connectivity index (χ0v) is 12.3. The Balaban J connectivity index is 1.79. The molecule has 1 aromatic heterocycles. The molecule has 0 atom stereocenters. The van der Waals surface area contributed by atoms with Gasteiger partial charge in [-0.3, -0.25) is 9.48 Å². The van der Waals surface area contributed by atoms with E-state index in [2.05, 4.69) is 22.0 Å². The van der Waals surface area contributed by atoms with Crippen molar-refractivity contribution in [3.8, 4) is 0 Å². The van der Waals surface area contributed by atoms with Gasteiger partial charge in [0, 0.05) is 18.5 Å². The molecule has 0 aliphatic heterocycles. The minimum Gasteiger partial charge on any atom is -0.299 e. The highest BCUT2D eigenvalue weighted by atomic mass is 16.1. The first-order chi connectivity index (χ1) is 9.16. The van der Waals surface area contributed by atoms with Crippen molar-refractivity contribution >= 4 is 5.78 Å². The molecule has 1 aromatic rings. The van der Waals surface area contributed by atoms with E-state index in [9.17, 15) is 4.79 Å². The van der Waals surface area contributed by atoms with E-state index in [0.29, 0.717) is 18.2 Å². The molecule has 0 bridgehead atoms. The fourth-order valence-electron chi connectivity index (χ4n) is 2.79. The predicted octanol–water partition coefficient (Wildman–Crippen LogP) is 3.94. The molecule has 1 aliphatic carbocycles. The summed E-state index contributed by atoms with van der Waals surface area (Å²) in [6.07, 6.45) is 11.3. The summed E-state index contributed by atoms with van der Waals surface area (Å²) in [5.41, 5.74) is 1.14. The van der Waals surface area contributed by atoms with E-state index in [0.717, 1.165) is 18.5 Å². The van der Waals surface area contributed by atoms with Crippen molar-refractivity contribution in [3.05, 3.63) is 18.0 Å². The van der Waals surface area contributed by atoms with Crippen molar-refractivity contribution in [2.75, 3.05) is 0 Å². The van der Waals surface area contributed by atoms with Crippen LogP contribution in [0, 0.1) is 5.92 Å². The molecule has 0 unspecified atom stereocenters. The van der Waals surface area contributed by atoms with Gasteiger partial charge in [0.25, 0.3) is 0 Å². The molecule has 1 aliphatic rings. The summed E-state index contributed by atoms with van der Waals surface area (Å²) in [7, 11) is 0. The third kappa shape index (κ3) is 4.19. The van der Waals surface area contributed by atoms with Gasteiger partial charge in [0.15, 0.2) is 0 Å². The SMILES string of the molecule is CC(C)C(=O)CCCc1ccn(C2CCCCC2)n1. The second kappa shape index (κ2) is 6.88. The summed E-state index contributed by atoms with van der Waals surface area (Å²) >= 11 is 0. The molecule has 3 nitrogen and oxygen atoms in total. The van der Waals surface area contributed by atoms with Gasteiger partial charge in [-0.05, 0) is 31.7 Å². The second-order valence-electron chi connectivity index (χ2n) is 6.05. The number of nitrogens with zero attached hydrogens (tertiary/aromatic N) is 2. The third-order valence-corrected chi connectivity index (χ3v) is 4.11. The number of hydrogen-bond acceptors (Lipinski definition) is 2. The standard InChI is InChI=1S/C16H26N2O/c1-13(2)16(19)10-6-7-14-11-12-18(17-14)15-8-4-3-5-9-15/h11-13,15H,3-10H2,1-2H3. The molecule has 3 heteroatoms. The molecule has 1 fully saturated rings. The van der Waals surface area contributed by atoms with Crippen molar-refractivity contribution in [1.29, 1.82) is 0 Å². The van der Waals surface area contributed by atoms with Crippen molar-refractivity contribution in [1.82, 2.24) is 9.78 Å². The van der Waals surface area contributed by atoms with Crippen LogP contribution in [0.15, 0.2) is 12.3 Å². The van der Waals surface area contributed by atoms with Crippen LogP contribution in [-0.4, -0.2) is 15.6 Å². The van der Waals surface area contributed by atoms with E-state index in [1.165, 1.54) is 32.1 Å². The van der Waals surface area contributed by atoms with Crippen molar-refractivity contribution < 1.29 is 4.79 Å². The number of hydrogen-bond donors (Lipinski definition) is 0. The summed E-state index contributed by atoms with van der Waals surface area (Å²) in [6, 6.07) is 2.73. The number of Topliss-reactive ketones (excluding diaryl/α,β-unsaturated/α-hetero) is 1. The number of rotatable bonds is 6. The number of carbonyl (C=O) groups excluding carboxylic acids is 1. The average molecular weight is 262 g/mol. The third-order valence-electron chi connectivity index (χ3n) is 4.11. The molecule has 0 N–H and O–H groups in total. The normalized spacial score (nSPS) is 17.0. The van der Waals surface area contributed by atoms with Gasteiger partial charge in [0.05, 0.1) is 11.7 Å². The fraction of sp³-hybridized carbons (Fsp3) is 0.750. The van der Waals surface area contributed by atoms with E-state index in [1.54, 1.807) is 0 Å². The van der Waals surface area contributed by atoms with Gasteiger partial charge in [0.2, 0.25) is 0 Å². The van der Waals surface area contributed by atoms with Crippen LogP contribution in [-0.2, 0) is 11.2 Å².